The molecule has 3 rings (SSSR count). The number of carbonyl (C=O) groups excluding carboxylic acids is 1. The van der Waals surface area contributed by atoms with E-state index in [1.54, 1.807) is 12.1 Å². The number of rotatable bonds is 8. The molecule has 0 radical (unpaired) electrons. The lowest BCUT2D eigenvalue weighted by Crippen LogP contribution is -2.43. The molecule has 2 aromatic carbocycles. The van der Waals surface area contributed by atoms with Gasteiger partial charge in [-0.15, -0.1) is 0 Å². The third kappa shape index (κ3) is 6.27. The van der Waals surface area contributed by atoms with Gasteiger partial charge in [0, 0.05) is 19.0 Å². The first-order chi connectivity index (χ1) is 13.9. The molecule has 8 heteroatoms. The molecule has 29 heavy (non-hydrogen) atoms. The van der Waals surface area contributed by atoms with Crippen molar-refractivity contribution in [3.8, 4) is 5.75 Å². The monoisotopic (exact) mass is 420 g/mol. The molecule has 0 aromatic heterocycles. The summed E-state index contributed by atoms with van der Waals surface area (Å²) in [6.07, 6.45) is 0.997. The molecule has 2 aromatic rings. The van der Waals surface area contributed by atoms with Gasteiger partial charge < -0.3 is 10.1 Å². The van der Waals surface area contributed by atoms with Gasteiger partial charge in [0.1, 0.15) is 18.2 Å². The number of hydrogen-bond acceptors (Lipinski definition) is 4. The van der Waals surface area contributed by atoms with E-state index in [1.165, 1.54) is 28.6 Å². The summed E-state index contributed by atoms with van der Waals surface area (Å²) in [7, 11) is -3.39. The largest absolute Gasteiger partial charge is 0.492 e. The zero-order valence-corrected chi connectivity index (χ0v) is 16.9. The quantitative estimate of drug-likeness (QED) is 0.666. The Morgan fingerprint density at radius 1 is 1.07 bits per heavy atom. The van der Waals surface area contributed by atoms with E-state index in [-0.39, 0.29) is 30.0 Å². The number of ether oxygens (including phenoxy) is 1. The molecule has 1 amide bonds. The van der Waals surface area contributed by atoms with Crippen LogP contribution in [0.25, 0.3) is 0 Å². The summed E-state index contributed by atoms with van der Waals surface area (Å²) in [6.45, 7) is 1.31. The topological polar surface area (TPSA) is 75.7 Å². The molecule has 0 bridgehead atoms. The van der Waals surface area contributed by atoms with Crippen molar-refractivity contribution in [2.24, 2.45) is 5.92 Å². The summed E-state index contributed by atoms with van der Waals surface area (Å²) < 4.78 is 44.9. The van der Waals surface area contributed by atoms with Crippen molar-refractivity contribution in [3.63, 3.8) is 0 Å². The van der Waals surface area contributed by atoms with Gasteiger partial charge in [-0.1, -0.05) is 30.3 Å². The normalized spacial score (nSPS) is 15.8. The number of nitrogens with one attached hydrogen (secondary N) is 1. The van der Waals surface area contributed by atoms with E-state index in [0.29, 0.717) is 38.2 Å². The van der Waals surface area contributed by atoms with Crippen LogP contribution in [0.4, 0.5) is 4.39 Å². The van der Waals surface area contributed by atoms with E-state index in [1.807, 2.05) is 18.2 Å². The molecule has 0 atom stereocenters. The van der Waals surface area contributed by atoms with Gasteiger partial charge in [0.2, 0.25) is 15.9 Å². The average Bonchev–Trinajstić information content (AvgIpc) is 2.73. The number of hydrogen-bond donors (Lipinski definition) is 1. The minimum Gasteiger partial charge on any atom is -0.492 e. The molecule has 0 unspecified atom stereocenters. The lowest BCUT2D eigenvalue weighted by Gasteiger charge is -2.30. The van der Waals surface area contributed by atoms with E-state index in [9.17, 15) is 17.6 Å². The lowest BCUT2D eigenvalue weighted by molar-refractivity contribution is -0.126. The summed E-state index contributed by atoms with van der Waals surface area (Å²) in [4.78, 5) is 12.3. The fraction of sp³-hybridized carbons (Fsp3) is 0.381. The van der Waals surface area contributed by atoms with E-state index < -0.39 is 10.0 Å². The van der Waals surface area contributed by atoms with Gasteiger partial charge in [-0.2, -0.15) is 0 Å². The van der Waals surface area contributed by atoms with Crippen molar-refractivity contribution in [3.05, 3.63) is 66.0 Å². The molecule has 1 aliphatic heterocycles. The minimum absolute atomic E-state index is 0.0224. The van der Waals surface area contributed by atoms with Gasteiger partial charge in [0.15, 0.2) is 0 Å². The first kappa shape index (κ1) is 21.3. The Balaban J connectivity index is 1.39. The second-order valence-corrected chi connectivity index (χ2v) is 8.98. The van der Waals surface area contributed by atoms with Crippen LogP contribution in [-0.2, 0) is 20.6 Å². The van der Waals surface area contributed by atoms with Crippen molar-refractivity contribution < 1.29 is 22.3 Å². The molecule has 1 heterocycles. The number of nitrogens with zero attached hydrogens (tertiary/aromatic N) is 1. The second-order valence-electron chi connectivity index (χ2n) is 7.01. The Morgan fingerprint density at radius 3 is 2.38 bits per heavy atom. The Morgan fingerprint density at radius 2 is 1.72 bits per heavy atom. The van der Waals surface area contributed by atoms with Crippen LogP contribution < -0.4 is 10.1 Å². The smallest absolute Gasteiger partial charge is 0.223 e. The lowest BCUT2D eigenvalue weighted by atomic mass is 9.97. The number of amides is 1. The molecular weight excluding hydrogens is 395 g/mol. The fourth-order valence-corrected chi connectivity index (χ4v) is 4.85. The second kappa shape index (κ2) is 9.84. The first-order valence-corrected chi connectivity index (χ1v) is 11.2. The predicted octanol–water partition coefficient (Wildman–Crippen LogP) is 2.56. The zero-order valence-electron chi connectivity index (χ0n) is 16.1. The number of carbonyl (C=O) groups is 1. The highest BCUT2D eigenvalue weighted by Gasteiger charge is 2.31. The highest BCUT2D eigenvalue weighted by Crippen LogP contribution is 2.22. The number of piperidine rings is 1. The minimum atomic E-state index is -3.39. The Hall–Kier alpha value is -2.45. The van der Waals surface area contributed by atoms with Crippen LogP contribution in [0, 0.1) is 11.7 Å². The van der Waals surface area contributed by atoms with E-state index in [2.05, 4.69) is 5.32 Å². The standard InChI is InChI=1S/C21H25FN2O4S/c22-19-6-8-20(9-7-19)28-15-12-23-21(25)18-10-13-24(14-11-18)29(26,27)16-17-4-2-1-3-5-17/h1-9,18H,10-16H2,(H,23,25). The van der Waals surface area contributed by atoms with Crippen molar-refractivity contribution in [1.29, 1.82) is 0 Å². The van der Waals surface area contributed by atoms with Crippen LogP contribution in [0.1, 0.15) is 18.4 Å². The fourth-order valence-electron chi connectivity index (χ4n) is 3.29. The van der Waals surface area contributed by atoms with Crippen LogP contribution >= 0.6 is 0 Å². The van der Waals surface area contributed by atoms with E-state index in [4.69, 9.17) is 4.74 Å². The van der Waals surface area contributed by atoms with Crippen molar-refractivity contribution >= 4 is 15.9 Å². The van der Waals surface area contributed by atoms with E-state index in [0.717, 1.165) is 5.56 Å². The molecule has 1 fully saturated rings. The van der Waals surface area contributed by atoms with Gasteiger partial charge in [-0.05, 0) is 42.7 Å². The molecule has 0 saturated carbocycles. The molecule has 156 valence electrons. The summed E-state index contributed by atoms with van der Waals surface area (Å²) in [5, 5.41) is 2.82. The molecular formula is C21H25FN2O4S. The van der Waals surface area contributed by atoms with Crippen molar-refractivity contribution in [2.75, 3.05) is 26.2 Å². The number of halogens is 1. The zero-order chi connectivity index (χ0) is 20.7. The maximum absolute atomic E-state index is 12.8. The Kier molecular flexibility index (Phi) is 7.22. The number of sulfonamides is 1. The molecule has 0 aliphatic carbocycles. The van der Waals surface area contributed by atoms with Gasteiger partial charge in [-0.25, -0.2) is 17.1 Å². The van der Waals surface area contributed by atoms with Gasteiger partial charge in [0.05, 0.1) is 12.3 Å². The van der Waals surface area contributed by atoms with Crippen LogP contribution in [0.5, 0.6) is 5.75 Å². The highest BCUT2D eigenvalue weighted by molar-refractivity contribution is 7.88. The number of benzene rings is 2. The summed E-state index contributed by atoms with van der Waals surface area (Å²) in [6, 6.07) is 14.8. The molecule has 0 spiro atoms. The highest BCUT2D eigenvalue weighted by atomic mass is 32.2. The van der Waals surface area contributed by atoms with Crippen LogP contribution in [0.15, 0.2) is 54.6 Å². The summed E-state index contributed by atoms with van der Waals surface area (Å²) >= 11 is 0. The average molecular weight is 421 g/mol. The molecule has 1 N–H and O–H groups in total. The molecule has 6 nitrogen and oxygen atoms in total. The SMILES string of the molecule is O=C(NCCOc1ccc(F)cc1)C1CCN(S(=O)(=O)Cc2ccccc2)CC1. The maximum Gasteiger partial charge on any atom is 0.223 e. The Bertz CT molecular complexity index is 896. The predicted molar refractivity (Wildman–Crippen MR) is 108 cm³/mol. The third-order valence-electron chi connectivity index (χ3n) is 4.89. The van der Waals surface area contributed by atoms with Gasteiger partial charge in [0.25, 0.3) is 0 Å². The molecule has 1 aliphatic rings. The van der Waals surface area contributed by atoms with Crippen molar-refractivity contribution in [2.45, 2.75) is 18.6 Å². The van der Waals surface area contributed by atoms with Crippen LogP contribution in [-0.4, -0.2) is 44.9 Å². The Labute approximate surface area is 170 Å². The maximum atomic E-state index is 12.8. The van der Waals surface area contributed by atoms with Crippen LogP contribution in [0.2, 0.25) is 0 Å². The van der Waals surface area contributed by atoms with Gasteiger partial charge >= 0.3 is 0 Å². The van der Waals surface area contributed by atoms with Crippen LogP contribution in [0.3, 0.4) is 0 Å². The van der Waals surface area contributed by atoms with Gasteiger partial charge in [-0.3, -0.25) is 4.79 Å². The van der Waals surface area contributed by atoms with E-state index >= 15 is 0 Å². The third-order valence-corrected chi connectivity index (χ3v) is 6.74. The molecule has 1 saturated heterocycles. The summed E-state index contributed by atoms with van der Waals surface area (Å²) in [5.41, 5.74) is 0.758. The first-order valence-electron chi connectivity index (χ1n) is 9.62. The van der Waals surface area contributed by atoms with Crippen molar-refractivity contribution in [1.82, 2.24) is 9.62 Å². The summed E-state index contributed by atoms with van der Waals surface area (Å²) in [5.74, 6) is -0.108.